The standard InChI is InChI=1S/C8H14O5/c1-4-6(12-3)7(10)8(11)13-5(2)9/h8,10-11H,4H2,1-3H3/b7-6+. The summed E-state index contributed by atoms with van der Waals surface area (Å²) in [4.78, 5) is 10.4. The van der Waals surface area contributed by atoms with Crippen molar-refractivity contribution in [2.24, 2.45) is 0 Å². The molecule has 0 saturated carbocycles. The van der Waals surface area contributed by atoms with E-state index in [-0.39, 0.29) is 5.76 Å². The fourth-order valence-electron chi connectivity index (χ4n) is 0.781. The molecule has 0 aromatic carbocycles. The lowest BCUT2D eigenvalue weighted by molar-refractivity contribution is -0.163. The first-order chi connectivity index (χ1) is 6.02. The zero-order valence-electron chi connectivity index (χ0n) is 7.90. The molecule has 0 fully saturated rings. The van der Waals surface area contributed by atoms with Gasteiger partial charge in [-0.1, -0.05) is 6.92 Å². The Morgan fingerprint density at radius 3 is 2.38 bits per heavy atom. The fourth-order valence-corrected chi connectivity index (χ4v) is 0.781. The number of allylic oxidation sites excluding steroid dienone is 1. The Hall–Kier alpha value is -1.23. The number of carbonyl (C=O) groups is 1. The molecule has 0 aliphatic heterocycles. The van der Waals surface area contributed by atoms with Gasteiger partial charge in [0.2, 0.25) is 0 Å². The molecule has 5 nitrogen and oxygen atoms in total. The Morgan fingerprint density at radius 2 is 2.08 bits per heavy atom. The maximum atomic E-state index is 10.4. The molecule has 0 spiro atoms. The van der Waals surface area contributed by atoms with E-state index in [2.05, 4.69) is 4.74 Å². The summed E-state index contributed by atoms with van der Waals surface area (Å²) in [5, 5.41) is 18.3. The van der Waals surface area contributed by atoms with Gasteiger partial charge in [-0.3, -0.25) is 4.79 Å². The fraction of sp³-hybridized carbons (Fsp3) is 0.625. The highest BCUT2D eigenvalue weighted by Crippen LogP contribution is 2.11. The van der Waals surface area contributed by atoms with Gasteiger partial charge >= 0.3 is 5.97 Å². The highest BCUT2D eigenvalue weighted by atomic mass is 16.6. The van der Waals surface area contributed by atoms with Crippen LogP contribution in [0.3, 0.4) is 0 Å². The van der Waals surface area contributed by atoms with Gasteiger partial charge in [-0.2, -0.15) is 0 Å². The van der Waals surface area contributed by atoms with Crippen molar-refractivity contribution < 1.29 is 24.5 Å². The first-order valence-corrected chi connectivity index (χ1v) is 3.84. The number of carbonyl (C=O) groups excluding carboxylic acids is 1. The van der Waals surface area contributed by atoms with Gasteiger partial charge < -0.3 is 19.7 Å². The first kappa shape index (κ1) is 11.8. The molecule has 13 heavy (non-hydrogen) atoms. The van der Waals surface area contributed by atoms with Crippen molar-refractivity contribution in [3.63, 3.8) is 0 Å². The number of aliphatic hydroxyl groups is 2. The van der Waals surface area contributed by atoms with Crippen molar-refractivity contribution in [1.82, 2.24) is 0 Å². The van der Waals surface area contributed by atoms with E-state index in [0.29, 0.717) is 6.42 Å². The van der Waals surface area contributed by atoms with Crippen molar-refractivity contribution in [2.45, 2.75) is 26.6 Å². The van der Waals surface area contributed by atoms with Crippen LogP contribution in [0.2, 0.25) is 0 Å². The predicted octanol–water partition coefficient (Wildman–Crippen LogP) is 0.694. The van der Waals surface area contributed by atoms with E-state index in [9.17, 15) is 9.90 Å². The molecule has 0 aromatic rings. The van der Waals surface area contributed by atoms with Crippen LogP contribution in [0.5, 0.6) is 0 Å². The molecule has 0 aliphatic rings. The molecule has 0 aromatic heterocycles. The lowest BCUT2D eigenvalue weighted by Gasteiger charge is -2.12. The second-order valence-corrected chi connectivity index (χ2v) is 2.33. The average Bonchev–Trinajstić information content (AvgIpc) is 2.05. The Kier molecular flexibility index (Phi) is 4.91. The van der Waals surface area contributed by atoms with E-state index in [4.69, 9.17) is 9.84 Å². The van der Waals surface area contributed by atoms with Crippen LogP contribution in [0.1, 0.15) is 20.3 Å². The van der Waals surface area contributed by atoms with Gasteiger partial charge in [0.15, 0.2) is 5.76 Å². The number of rotatable bonds is 4. The van der Waals surface area contributed by atoms with Crippen molar-refractivity contribution in [2.75, 3.05) is 7.11 Å². The van der Waals surface area contributed by atoms with Gasteiger partial charge in [-0.05, 0) is 0 Å². The molecular weight excluding hydrogens is 176 g/mol. The molecule has 0 amide bonds. The van der Waals surface area contributed by atoms with Crippen LogP contribution >= 0.6 is 0 Å². The lowest BCUT2D eigenvalue weighted by atomic mass is 10.3. The smallest absolute Gasteiger partial charge is 0.305 e. The Labute approximate surface area is 76.6 Å². The average molecular weight is 190 g/mol. The van der Waals surface area contributed by atoms with Crippen LogP contribution in [-0.4, -0.2) is 29.6 Å². The zero-order chi connectivity index (χ0) is 10.4. The second kappa shape index (κ2) is 5.42. The molecule has 0 bridgehead atoms. The number of esters is 1. The van der Waals surface area contributed by atoms with Crippen LogP contribution in [0, 0.1) is 0 Å². The van der Waals surface area contributed by atoms with Gasteiger partial charge in [0.05, 0.1) is 7.11 Å². The first-order valence-electron chi connectivity index (χ1n) is 3.84. The minimum Gasteiger partial charge on any atom is -0.504 e. The SMILES string of the molecule is CC/C(OC)=C(\O)C(O)OC(C)=O. The topological polar surface area (TPSA) is 76.0 Å². The monoisotopic (exact) mass is 190 g/mol. The molecule has 5 heteroatoms. The highest BCUT2D eigenvalue weighted by molar-refractivity contribution is 5.66. The number of hydrogen-bond acceptors (Lipinski definition) is 5. The van der Waals surface area contributed by atoms with Crippen molar-refractivity contribution in [1.29, 1.82) is 0 Å². The van der Waals surface area contributed by atoms with E-state index in [0.717, 1.165) is 6.92 Å². The van der Waals surface area contributed by atoms with Gasteiger partial charge in [-0.25, -0.2) is 0 Å². The van der Waals surface area contributed by atoms with E-state index in [1.165, 1.54) is 7.11 Å². The zero-order valence-corrected chi connectivity index (χ0v) is 7.90. The van der Waals surface area contributed by atoms with Crippen molar-refractivity contribution >= 4 is 5.97 Å². The third-order valence-electron chi connectivity index (χ3n) is 1.36. The molecule has 0 heterocycles. The highest BCUT2D eigenvalue weighted by Gasteiger charge is 2.17. The molecular formula is C8H14O5. The van der Waals surface area contributed by atoms with Crippen LogP contribution in [0.15, 0.2) is 11.5 Å². The maximum absolute atomic E-state index is 10.4. The molecule has 0 aliphatic carbocycles. The van der Waals surface area contributed by atoms with E-state index in [1.807, 2.05) is 0 Å². The molecule has 2 N–H and O–H groups in total. The van der Waals surface area contributed by atoms with E-state index < -0.39 is 18.0 Å². The summed E-state index contributed by atoms with van der Waals surface area (Å²) in [7, 11) is 1.36. The van der Waals surface area contributed by atoms with Crippen LogP contribution in [0.4, 0.5) is 0 Å². The molecule has 1 unspecified atom stereocenters. The summed E-state index contributed by atoms with van der Waals surface area (Å²) >= 11 is 0. The Bertz CT molecular complexity index is 203. The summed E-state index contributed by atoms with van der Waals surface area (Å²) in [5.74, 6) is -0.959. The minimum absolute atomic E-state index is 0.189. The maximum Gasteiger partial charge on any atom is 0.305 e. The van der Waals surface area contributed by atoms with Gasteiger partial charge in [0.25, 0.3) is 6.29 Å². The molecule has 76 valence electrons. The number of methoxy groups -OCH3 is 1. The number of hydrogen-bond donors (Lipinski definition) is 2. The molecule has 1 atom stereocenters. The van der Waals surface area contributed by atoms with Crippen LogP contribution < -0.4 is 0 Å². The third kappa shape index (κ3) is 3.80. The summed E-state index contributed by atoms with van der Waals surface area (Å²) in [6.07, 6.45) is -1.24. The lowest BCUT2D eigenvalue weighted by Crippen LogP contribution is -2.19. The van der Waals surface area contributed by atoms with E-state index >= 15 is 0 Å². The van der Waals surface area contributed by atoms with Crippen LogP contribution in [0.25, 0.3) is 0 Å². The molecule has 0 saturated heterocycles. The minimum atomic E-state index is -1.65. The predicted molar refractivity (Wildman–Crippen MR) is 44.7 cm³/mol. The van der Waals surface area contributed by atoms with Gasteiger partial charge in [-0.15, -0.1) is 0 Å². The third-order valence-corrected chi connectivity index (χ3v) is 1.36. The normalized spacial score (nSPS) is 14.5. The largest absolute Gasteiger partial charge is 0.504 e. The molecule has 0 radical (unpaired) electrons. The van der Waals surface area contributed by atoms with Crippen molar-refractivity contribution in [3.05, 3.63) is 11.5 Å². The quantitative estimate of drug-likeness (QED) is 0.387. The summed E-state index contributed by atoms with van der Waals surface area (Å²) in [6.45, 7) is 2.87. The van der Waals surface area contributed by atoms with Gasteiger partial charge in [0, 0.05) is 13.3 Å². The van der Waals surface area contributed by atoms with E-state index in [1.54, 1.807) is 6.92 Å². The van der Waals surface area contributed by atoms with Gasteiger partial charge in [0.1, 0.15) is 5.76 Å². The summed E-state index contributed by atoms with van der Waals surface area (Å²) in [5.41, 5.74) is 0. The number of ether oxygens (including phenoxy) is 2. The summed E-state index contributed by atoms with van der Waals surface area (Å²) in [6, 6.07) is 0. The van der Waals surface area contributed by atoms with Crippen molar-refractivity contribution in [3.8, 4) is 0 Å². The Morgan fingerprint density at radius 1 is 1.54 bits per heavy atom. The number of aliphatic hydroxyl groups excluding tert-OH is 2. The second-order valence-electron chi connectivity index (χ2n) is 2.33. The Balaban J connectivity index is 4.44. The summed E-state index contributed by atoms with van der Waals surface area (Å²) < 4.78 is 9.07. The molecule has 0 rings (SSSR count). The van der Waals surface area contributed by atoms with Crippen LogP contribution in [-0.2, 0) is 14.3 Å².